The molecule has 2 atom stereocenters. The van der Waals surface area contributed by atoms with E-state index in [-0.39, 0.29) is 11.9 Å². The highest BCUT2D eigenvalue weighted by molar-refractivity contribution is 5.95. The van der Waals surface area contributed by atoms with Crippen molar-refractivity contribution in [3.8, 4) is 11.5 Å². The molecule has 1 saturated carbocycles. The fourth-order valence-corrected chi connectivity index (χ4v) is 3.94. The molecule has 1 amide bonds. The van der Waals surface area contributed by atoms with Gasteiger partial charge < -0.3 is 19.8 Å². The molecule has 1 heterocycles. The lowest BCUT2D eigenvalue weighted by Crippen LogP contribution is -2.38. The van der Waals surface area contributed by atoms with E-state index in [1.54, 1.807) is 32.4 Å². The number of carbonyl (C=O) groups excluding carboxylic acids is 1. The Balaban J connectivity index is 1.47. The summed E-state index contributed by atoms with van der Waals surface area (Å²) in [5, 5.41) is 3.18. The molecular formula is C22H25N3O3. The highest BCUT2D eigenvalue weighted by Crippen LogP contribution is 2.32. The standard InChI is InChI=1S/C22H25N3O3/c1-27-17-11-15(12-18(13-17)28-2)22(26)23-16-7-5-6-14(10-16)21-24-19-8-3-4-9-20(19)25-21/h3-4,8-9,11-14,16H,5-7,10H2,1-2H3,(H,23,26)(H,24,25). The topological polar surface area (TPSA) is 76.2 Å². The van der Waals surface area contributed by atoms with E-state index in [0.29, 0.717) is 23.0 Å². The third-order valence-corrected chi connectivity index (χ3v) is 5.42. The highest BCUT2D eigenvalue weighted by atomic mass is 16.5. The maximum Gasteiger partial charge on any atom is 0.251 e. The summed E-state index contributed by atoms with van der Waals surface area (Å²) in [5.41, 5.74) is 2.60. The van der Waals surface area contributed by atoms with Crippen molar-refractivity contribution < 1.29 is 14.3 Å². The molecule has 2 N–H and O–H groups in total. The van der Waals surface area contributed by atoms with Crippen molar-refractivity contribution in [3.05, 3.63) is 53.9 Å². The van der Waals surface area contributed by atoms with Gasteiger partial charge in [-0.25, -0.2) is 4.98 Å². The van der Waals surface area contributed by atoms with Gasteiger partial charge in [0.15, 0.2) is 0 Å². The largest absolute Gasteiger partial charge is 0.497 e. The summed E-state index contributed by atoms with van der Waals surface area (Å²) in [6, 6.07) is 13.4. The van der Waals surface area contributed by atoms with Gasteiger partial charge in [0, 0.05) is 23.6 Å². The average Bonchev–Trinajstić information content (AvgIpc) is 3.18. The van der Waals surface area contributed by atoms with Gasteiger partial charge in [0.05, 0.1) is 25.3 Å². The minimum absolute atomic E-state index is 0.104. The number of fused-ring (bicyclic) bond motifs is 1. The summed E-state index contributed by atoms with van der Waals surface area (Å²) in [4.78, 5) is 21.0. The van der Waals surface area contributed by atoms with Gasteiger partial charge in [-0.05, 0) is 43.5 Å². The minimum atomic E-state index is -0.104. The van der Waals surface area contributed by atoms with Gasteiger partial charge in [0.25, 0.3) is 5.91 Å². The molecule has 1 fully saturated rings. The molecule has 146 valence electrons. The first kappa shape index (κ1) is 18.3. The number of hydrogen-bond donors (Lipinski definition) is 2. The number of aromatic amines is 1. The SMILES string of the molecule is COc1cc(OC)cc(C(=O)NC2CCCC(c3nc4ccccc4[nH]3)C2)c1. The molecule has 6 nitrogen and oxygen atoms in total. The molecule has 0 aliphatic heterocycles. The van der Waals surface area contributed by atoms with Crippen LogP contribution in [0.2, 0.25) is 0 Å². The number of methoxy groups -OCH3 is 2. The number of nitrogens with one attached hydrogen (secondary N) is 2. The van der Waals surface area contributed by atoms with Gasteiger partial charge in [0.2, 0.25) is 0 Å². The lowest BCUT2D eigenvalue weighted by atomic mass is 9.85. The number of nitrogens with zero attached hydrogens (tertiary/aromatic N) is 1. The predicted molar refractivity (Wildman–Crippen MR) is 108 cm³/mol. The summed E-state index contributed by atoms with van der Waals surface area (Å²) in [6.45, 7) is 0. The number of carbonyl (C=O) groups is 1. The van der Waals surface area contributed by atoms with Crippen molar-refractivity contribution in [2.75, 3.05) is 14.2 Å². The van der Waals surface area contributed by atoms with Crippen LogP contribution in [-0.4, -0.2) is 36.1 Å². The Hall–Kier alpha value is -3.02. The molecule has 0 bridgehead atoms. The number of para-hydroxylation sites is 2. The van der Waals surface area contributed by atoms with E-state index >= 15 is 0 Å². The summed E-state index contributed by atoms with van der Waals surface area (Å²) in [7, 11) is 3.16. The van der Waals surface area contributed by atoms with Crippen molar-refractivity contribution in [1.29, 1.82) is 0 Å². The van der Waals surface area contributed by atoms with Crippen LogP contribution in [0.5, 0.6) is 11.5 Å². The number of ether oxygens (including phenoxy) is 2. The molecule has 0 saturated heterocycles. The Morgan fingerprint density at radius 1 is 1.11 bits per heavy atom. The molecule has 0 spiro atoms. The summed E-state index contributed by atoms with van der Waals surface area (Å²) >= 11 is 0. The number of rotatable bonds is 5. The van der Waals surface area contributed by atoms with Crippen LogP contribution in [0.15, 0.2) is 42.5 Å². The van der Waals surface area contributed by atoms with Crippen LogP contribution >= 0.6 is 0 Å². The Bertz CT molecular complexity index is 927. The highest BCUT2D eigenvalue weighted by Gasteiger charge is 2.27. The molecule has 2 aromatic carbocycles. The van der Waals surface area contributed by atoms with Gasteiger partial charge in [-0.15, -0.1) is 0 Å². The first-order chi connectivity index (χ1) is 13.7. The number of hydrogen-bond acceptors (Lipinski definition) is 4. The molecule has 28 heavy (non-hydrogen) atoms. The molecule has 1 aromatic heterocycles. The zero-order valence-electron chi connectivity index (χ0n) is 16.2. The lowest BCUT2D eigenvalue weighted by molar-refractivity contribution is 0.0924. The summed E-state index contributed by atoms with van der Waals surface area (Å²) in [6.07, 6.45) is 4.00. The maximum absolute atomic E-state index is 12.8. The third kappa shape index (κ3) is 3.81. The van der Waals surface area contributed by atoms with E-state index in [1.165, 1.54) is 0 Å². The first-order valence-electron chi connectivity index (χ1n) is 9.65. The second-order valence-corrected chi connectivity index (χ2v) is 7.27. The van der Waals surface area contributed by atoms with E-state index in [1.807, 2.05) is 24.3 Å². The van der Waals surface area contributed by atoms with Crippen LogP contribution in [0.1, 0.15) is 47.8 Å². The third-order valence-electron chi connectivity index (χ3n) is 5.42. The summed E-state index contributed by atoms with van der Waals surface area (Å²) < 4.78 is 10.5. The maximum atomic E-state index is 12.8. The van der Waals surface area contributed by atoms with Crippen LogP contribution in [0.3, 0.4) is 0 Å². The number of imidazole rings is 1. The van der Waals surface area contributed by atoms with E-state index in [2.05, 4.69) is 10.3 Å². The first-order valence-corrected chi connectivity index (χ1v) is 9.65. The number of aromatic nitrogens is 2. The van der Waals surface area contributed by atoms with E-state index in [0.717, 1.165) is 42.5 Å². The van der Waals surface area contributed by atoms with Crippen LogP contribution in [0.4, 0.5) is 0 Å². The van der Waals surface area contributed by atoms with Crippen molar-refractivity contribution in [2.45, 2.75) is 37.6 Å². The second-order valence-electron chi connectivity index (χ2n) is 7.27. The molecule has 1 aliphatic carbocycles. The Morgan fingerprint density at radius 3 is 2.57 bits per heavy atom. The quantitative estimate of drug-likeness (QED) is 0.702. The van der Waals surface area contributed by atoms with Gasteiger partial charge in [-0.3, -0.25) is 4.79 Å². The fourth-order valence-electron chi connectivity index (χ4n) is 3.94. The van der Waals surface area contributed by atoms with Crippen molar-refractivity contribution in [3.63, 3.8) is 0 Å². The van der Waals surface area contributed by atoms with Crippen molar-refractivity contribution in [1.82, 2.24) is 15.3 Å². The number of amides is 1. The molecule has 2 unspecified atom stereocenters. The second kappa shape index (κ2) is 7.92. The van der Waals surface area contributed by atoms with Gasteiger partial charge >= 0.3 is 0 Å². The zero-order valence-corrected chi connectivity index (χ0v) is 16.2. The molecule has 6 heteroatoms. The normalized spacial score (nSPS) is 19.4. The van der Waals surface area contributed by atoms with Crippen LogP contribution < -0.4 is 14.8 Å². The van der Waals surface area contributed by atoms with Gasteiger partial charge in [0.1, 0.15) is 17.3 Å². The van der Waals surface area contributed by atoms with E-state index < -0.39 is 0 Å². The van der Waals surface area contributed by atoms with E-state index in [4.69, 9.17) is 14.5 Å². The van der Waals surface area contributed by atoms with Crippen LogP contribution in [0, 0.1) is 0 Å². The zero-order chi connectivity index (χ0) is 19.5. The van der Waals surface area contributed by atoms with Crippen molar-refractivity contribution >= 4 is 16.9 Å². The number of benzene rings is 2. The molecule has 3 aromatic rings. The minimum Gasteiger partial charge on any atom is -0.497 e. The monoisotopic (exact) mass is 379 g/mol. The molecule has 1 aliphatic rings. The van der Waals surface area contributed by atoms with E-state index in [9.17, 15) is 4.79 Å². The van der Waals surface area contributed by atoms with Crippen molar-refractivity contribution in [2.24, 2.45) is 0 Å². The molecule has 4 rings (SSSR count). The van der Waals surface area contributed by atoms with Gasteiger partial charge in [-0.2, -0.15) is 0 Å². The Morgan fingerprint density at radius 2 is 1.86 bits per heavy atom. The Labute approximate surface area is 164 Å². The van der Waals surface area contributed by atoms with Crippen LogP contribution in [0.25, 0.3) is 11.0 Å². The smallest absolute Gasteiger partial charge is 0.251 e. The van der Waals surface area contributed by atoms with Crippen LogP contribution in [-0.2, 0) is 0 Å². The summed E-state index contributed by atoms with van der Waals surface area (Å²) in [5.74, 6) is 2.45. The van der Waals surface area contributed by atoms with Gasteiger partial charge in [-0.1, -0.05) is 18.6 Å². The average molecular weight is 379 g/mol. The molecule has 0 radical (unpaired) electrons. The lowest BCUT2D eigenvalue weighted by Gasteiger charge is -2.28. The molecular weight excluding hydrogens is 354 g/mol. The predicted octanol–water partition coefficient (Wildman–Crippen LogP) is 4.04. The fraction of sp³-hybridized carbons (Fsp3) is 0.364. The number of H-pyrrole nitrogens is 1. The Kier molecular flexibility index (Phi) is 5.19.